The first kappa shape index (κ1) is 13.8. The van der Waals surface area contributed by atoms with Gasteiger partial charge >= 0.3 is 5.97 Å². The highest BCUT2D eigenvalue weighted by Gasteiger charge is 2.27. The maximum Gasteiger partial charge on any atom is 0.317 e. The van der Waals surface area contributed by atoms with Gasteiger partial charge in [-0.2, -0.15) is 0 Å². The molecule has 0 aromatic carbocycles. The Morgan fingerprint density at radius 1 is 1.06 bits per heavy atom. The maximum absolute atomic E-state index is 10.7. The van der Waals surface area contributed by atoms with Gasteiger partial charge in [0, 0.05) is 32.2 Å². The second kappa shape index (κ2) is 6.50. The molecular formula is C13H25N3O2. The Kier molecular flexibility index (Phi) is 4.97. The number of aliphatic carboxylic acids is 1. The van der Waals surface area contributed by atoms with E-state index in [1.807, 2.05) is 4.90 Å². The Hall–Kier alpha value is -0.650. The molecule has 0 aromatic rings. The van der Waals surface area contributed by atoms with Gasteiger partial charge in [-0.05, 0) is 32.5 Å². The second-order valence-corrected chi connectivity index (χ2v) is 5.37. The van der Waals surface area contributed by atoms with Crippen molar-refractivity contribution in [3.05, 3.63) is 0 Å². The van der Waals surface area contributed by atoms with Crippen LogP contribution in [0.5, 0.6) is 0 Å². The molecule has 0 aromatic heterocycles. The van der Waals surface area contributed by atoms with Gasteiger partial charge in [0.1, 0.15) is 0 Å². The Labute approximate surface area is 109 Å². The van der Waals surface area contributed by atoms with Crippen LogP contribution in [0.2, 0.25) is 0 Å². The Morgan fingerprint density at radius 2 is 1.67 bits per heavy atom. The third kappa shape index (κ3) is 3.67. The van der Waals surface area contributed by atoms with Crippen molar-refractivity contribution in [3.8, 4) is 0 Å². The lowest BCUT2D eigenvalue weighted by atomic mass is 10.0. The van der Waals surface area contributed by atoms with Gasteiger partial charge in [-0.15, -0.1) is 0 Å². The zero-order valence-electron chi connectivity index (χ0n) is 11.3. The lowest BCUT2D eigenvalue weighted by Gasteiger charge is -2.42. The molecule has 5 heteroatoms. The molecule has 0 radical (unpaired) electrons. The molecule has 2 saturated heterocycles. The van der Waals surface area contributed by atoms with E-state index in [4.69, 9.17) is 5.11 Å². The van der Waals surface area contributed by atoms with Crippen LogP contribution >= 0.6 is 0 Å². The van der Waals surface area contributed by atoms with E-state index in [1.165, 1.54) is 32.5 Å². The van der Waals surface area contributed by atoms with E-state index >= 15 is 0 Å². The minimum atomic E-state index is -0.709. The summed E-state index contributed by atoms with van der Waals surface area (Å²) < 4.78 is 0. The molecule has 18 heavy (non-hydrogen) atoms. The molecule has 0 bridgehead atoms. The normalized spacial score (nSPS) is 25.4. The van der Waals surface area contributed by atoms with Crippen LogP contribution in [0.1, 0.15) is 19.8 Å². The van der Waals surface area contributed by atoms with Crippen molar-refractivity contribution < 1.29 is 9.90 Å². The fourth-order valence-corrected chi connectivity index (χ4v) is 3.08. The van der Waals surface area contributed by atoms with Crippen LogP contribution in [0.15, 0.2) is 0 Å². The lowest BCUT2D eigenvalue weighted by Crippen LogP contribution is -2.53. The summed E-state index contributed by atoms with van der Waals surface area (Å²) in [7, 11) is 0. The van der Waals surface area contributed by atoms with Gasteiger partial charge in [-0.3, -0.25) is 14.6 Å². The third-order valence-electron chi connectivity index (χ3n) is 4.29. The highest BCUT2D eigenvalue weighted by molar-refractivity contribution is 5.69. The zero-order valence-corrected chi connectivity index (χ0v) is 11.3. The molecule has 0 amide bonds. The molecule has 0 unspecified atom stereocenters. The smallest absolute Gasteiger partial charge is 0.317 e. The average Bonchev–Trinajstić information content (AvgIpc) is 2.39. The van der Waals surface area contributed by atoms with Gasteiger partial charge in [0.2, 0.25) is 0 Å². The molecule has 104 valence electrons. The SMILES string of the molecule is CCN1CCC(N2CCN(CC(=O)O)CC2)CC1. The molecule has 2 heterocycles. The maximum atomic E-state index is 10.7. The number of likely N-dealkylation sites (tertiary alicyclic amines) is 1. The topological polar surface area (TPSA) is 47.0 Å². The van der Waals surface area contributed by atoms with Gasteiger partial charge in [-0.25, -0.2) is 0 Å². The summed E-state index contributed by atoms with van der Waals surface area (Å²) in [4.78, 5) is 17.8. The van der Waals surface area contributed by atoms with E-state index in [0.717, 1.165) is 32.2 Å². The van der Waals surface area contributed by atoms with E-state index in [-0.39, 0.29) is 6.54 Å². The predicted octanol–water partition coefficient (Wildman–Crippen LogP) is 0.173. The largest absolute Gasteiger partial charge is 0.480 e. The van der Waals surface area contributed by atoms with Crippen molar-refractivity contribution in [2.75, 3.05) is 52.4 Å². The number of piperazine rings is 1. The van der Waals surface area contributed by atoms with E-state index in [1.54, 1.807) is 0 Å². The van der Waals surface area contributed by atoms with Crippen molar-refractivity contribution >= 4 is 5.97 Å². The third-order valence-corrected chi connectivity index (χ3v) is 4.29. The van der Waals surface area contributed by atoms with E-state index in [9.17, 15) is 4.79 Å². The number of hydrogen-bond acceptors (Lipinski definition) is 4. The molecule has 1 N–H and O–H groups in total. The number of carboxylic acid groups (broad SMARTS) is 1. The fraction of sp³-hybridized carbons (Fsp3) is 0.923. The predicted molar refractivity (Wildman–Crippen MR) is 70.8 cm³/mol. The second-order valence-electron chi connectivity index (χ2n) is 5.37. The van der Waals surface area contributed by atoms with E-state index in [2.05, 4.69) is 16.7 Å². The zero-order chi connectivity index (χ0) is 13.0. The van der Waals surface area contributed by atoms with Crippen molar-refractivity contribution in [1.29, 1.82) is 0 Å². The standard InChI is InChI=1S/C13H25N3O2/c1-2-14-5-3-12(4-6-14)16-9-7-15(8-10-16)11-13(17)18/h12H,2-11H2,1H3,(H,17,18). The molecule has 0 saturated carbocycles. The minimum Gasteiger partial charge on any atom is -0.480 e. The number of piperidine rings is 1. The van der Waals surface area contributed by atoms with Crippen LogP contribution in [-0.2, 0) is 4.79 Å². The quantitative estimate of drug-likeness (QED) is 0.776. The molecular weight excluding hydrogens is 230 g/mol. The van der Waals surface area contributed by atoms with Gasteiger partial charge in [-0.1, -0.05) is 6.92 Å². The van der Waals surface area contributed by atoms with Gasteiger partial charge in [0.05, 0.1) is 6.54 Å². The molecule has 2 aliphatic heterocycles. The minimum absolute atomic E-state index is 0.197. The van der Waals surface area contributed by atoms with Gasteiger partial charge in [0.25, 0.3) is 0 Å². The number of rotatable bonds is 4. The Morgan fingerprint density at radius 3 is 2.17 bits per heavy atom. The summed E-state index contributed by atoms with van der Waals surface area (Å²) >= 11 is 0. The Bertz CT molecular complexity index is 269. The molecule has 2 fully saturated rings. The summed E-state index contributed by atoms with van der Waals surface area (Å²) in [6.07, 6.45) is 2.54. The summed E-state index contributed by atoms with van der Waals surface area (Å²) in [6.45, 7) is 9.90. The summed E-state index contributed by atoms with van der Waals surface area (Å²) in [6, 6.07) is 0.722. The average molecular weight is 255 g/mol. The van der Waals surface area contributed by atoms with Crippen molar-refractivity contribution in [2.45, 2.75) is 25.8 Å². The monoisotopic (exact) mass is 255 g/mol. The first-order valence-electron chi connectivity index (χ1n) is 7.09. The molecule has 0 aliphatic carbocycles. The van der Waals surface area contributed by atoms with Gasteiger partial charge in [0.15, 0.2) is 0 Å². The lowest BCUT2D eigenvalue weighted by molar-refractivity contribution is -0.138. The van der Waals surface area contributed by atoms with Crippen LogP contribution < -0.4 is 0 Å². The number of carboxylic acids is 1. The highest BCUT2D eigenvalue weighted by atomic mass is 16.4. The van der Waals surface area contributed by atoms with Crippen LogP contribution in [0, 0.1) is 0 Å². The summed E-state index contributed by atoms with van der Waals surface area (Å²) in [5.74, 6) is -0.709. The first-order chi connectivity index (χ1) is 8.69. The summed E-state index contributed by atoms with van der Waals surface area (Å²) in [5, 5.41) is 8.78. The number of carbonyl (C=O) groups is 1. The number of hydrogen-bond donors (Lipinski definition) is 1. The highest BCUT2D eigenvalue weighted by Crippen LogP contribution is 2.17. The van der Waals surface area contributed by atoms with Crippen LogP contribution in [0.25, 0.3) is 0 Å². The first-order valence-corrected chi connectivity index (χ1v) is 7.09. The van der Waals surface area contributed by atoms with Crippen LogP contribution in [0.4, 0.5) is 0 Å². The van der Waals surface area contributed by atoms with Crippen LogP contribution in [-0.4, -0.2) is 84.2 Å². The Balaban J connectivity index is 1.71. The molecule has 5 nitrogen and oxygen atoms in total. The van der Waals surface area contributed by atoms with E-state index in [0.29, 0.717) is 0 Å². The molecule has 0 atom stereocenters. The van der Waals surface area contributed by atoms with Crippen molar-refractivity contribution in [3.63, 3.8) is 0 Å². The van der Waals surface area contributed by atoms with Crippen LogP contribution in [0.3, 0.4) is 0 Å². The molecule has 2 rings (SSSR count). The fourth-order valence-electron chi connectivity index (χ4n) is 3.08. The van der Waals surface area contributed by atoms with Gasteiger partial charge < -0.3 is 10.0 Å². The van der Waals surface area contributed by atoms with E-state index < -0.39 is 5.97 Å². The van der Waals surface area contributed by atoms with Crippen molar-refractivity contribution in [1.82, 2.24) is 14.7 Å². The molecule has 2 aliphatic rings. The summed E-state index contributed by atoms with van der Waals surface area (Å²) in [5.41, 5.74) is 0. The number of nitrogens with zero attached hydrogens (tertiary/aromatic N) is 3. The molecule has 0 spiro atoms. The van der Waals surface area contributed by atoms with Crippen molar-refractivity contribution in [2.24, 2.45) is 0 Å².